The van der Waals surface area contributed by atoms with Crippen LogP contribution in [0.1, 0.15) is 0 Å². The molecule has 0 heterocycles. The first-order valence-corrected chi connectivity index (χ1v) is 4.76. The molecule has 0 amide bonds. The molecule has 1 radical (unpaired) electrons. The summed E-state index contributed by atoms with van der Waals surface area (Å²) in [5.74, 6) is 0.857. The summed E-state index contributed by atoms with van der Waals surface area (Å²) < 4.78 is 5.28. The van der Waals surface area contributed by atoms with Crippen LogP contribution in [-0.2, 0) is 0 Å². The van der Waals surface area contributed by atoms with Gasteiger partial charge in [-0.05, 0) is 23.8 Å². The zero-order chi connectivity index (χ0) is 10.7. The number of ether oxygens (including phenoxy) is 1. The molecule has 0 aliphatic heterocycles. The standard InChI is InChI=1S/C13H12NO/c1-15-13-5-3-2-4-12(13)10-6-8-11(14)9-7-10/h2-9,14H,1H3. The van der Waals surface area contributed by atoms with Crippen molar-refractivity contribution in [3.8, 4) is 16.9 Å². The lowest BCUT2D eigenvalue weighted by molar-refractivity contribution is 0.416. The number of para-hydroxylation sites is 1. The van der Waals surface area contributed by atoms with E-state index in [0.29, 0.717) is 5.69 Å². The molecule has 15 heavy (non-hydrogen) atoms. The van der Waals surface area contributed by atoms with Crippen LogP contribution in [0, 0.1) is 0 Å². The van der Waals surface area contributed by atoms with E-state index in [0.717, 1.165) is 16.9 Å². The fourth-order valence-electron chi connectivity index (χ4n) is 1.53. The Kier molecular flexibility index (Phi) is 2.59. The van der Waals surface area contributed by atoms with Gasteiger partial charge >= 0.3 is 0 Å². The lowest BCUT2D eigenvalue weighted by Crippen LogP contribution is -1.86. The molecule has 0 bridgehead atoms. The predicted molar refractivity (Wildman–Crippen MR) is 61.2 cm³/mol. The van der Waals surface area contributed by atoms with Crippen LogP contribution < -0.4 is 10.5 Å². The minimum absolute atomic E-state index is 0.522. The van der Waals surface area contributed by atoms with E-state index in [4.69, 9.17) is 10.5 Å². The van der Waals surface area contributed by atoms with Crippen molar-refractivity contribution < 1.29 is 4.74 Å². The lowest BCUT2D eigenvalue weighted by atomic mass is 10.0. The molecule has 2 nitrogen and oxygen atoms in total. The zero-order valence-corrected chi connectivity index (χ0v) is 8.53. The van der Waals surface area contributed by atoms with Crippen molar-refractivity contribution in [2.75, 3.05) is 7.11 Å². The van der Waals surface area contributed by atoms with Crippen molar-refractivity contribution in [1.82, 2.24) is 5.73 Å². The van der Waals surface area contributed by atoms with Crippen molar-refractivity contribution in [3.63, 3.8) is 0 Å². The highest BCUT2D eigenvalue weighted by molar-refractivity contribution is 5.71. The molecule has 0 saturated heterocycles. The van der Waals surface area contributed by atoms with Gasteiger partial charge in [0.25, 0.3) is 0 Å². The van der Waals surface area contributed by atoms with Crippen LogP contribution >= 0.6 is 0 Å². The predicted octanol–water partition coefficient (Wildman–Crippen LogP) is 3.28. The number of benzene rings is 2. The number of rotatable bonds is 2. The van der Waals surface area contributed by atoms with Gasteiger partial charge < -0.3 is 10.5 Å². The molecule has 1 N–H and O–H groups in total. The van der Waals surface area contributed by atoms with E-state index in [1.165, 1.54) is 0 Å². The normalized spacial score (nSPS) is 9.93. The third kappa shape index (κ3) is 1.94. The van der Waals surface area contributed by atoms with Crippen molar-refractivity contribution in [2.24, 2.45) is 0 Å². The molecule has 0 aliphatic carbocycles. The molecular weight excluding hydrogens is 186 g/mol. The van der Waals surface area contributed by atoms with Crippen LogP contribution in [0.25, 0.3) is 11.1 Å². The Labute approximate surface area is 89.3 Å². The van der Waals surface area contributed by atoms with Crippen LogP contribution in [0.4, 0.5) is 5.69 Å². The van der Waals surface area contributed by atoms with E-state index in [2.05, 4.69) is 0 Å². The Morgan fingerprint density at radius 1 is 0.933 bits per heavy atom. The van der Waals surface area contributed by atoms with E-state index in [-0.39, 0.29) is 0 Å². The third-order valence-electron chi connectivity index (χ3n) is 2.30. The Balaban J connectivity index is 2.49. The second kappa shape index (κ2) is 4.05. The van der Waals surface area contributed by atoms with Crippen molar-refractivity contribution >= 4 is 5.69 Å². The number of nitrogens with one attached hydrogen (secondary N) is 1. The Morgan fingerprint density at radius 3 is 2.27 bits per heavy atom. The molecule has 0 spiro atoms. The summed E-state index contributed by atoms with van der Waals surface area (Å²) in [6.45, 7) is 0. The average molecular weight is 198 g/mol. The minimum Gasteiger partial charge on any atom is -0.496 e. The van der Waals surface area contributed by atoms with Gasteiger partial charge in [0.05, 0.1) is 12.8 Å². The molecule has 2 rings (SSSR count). The van der Waals surface area contributed by atoms with Gasteiger partial charge in [-0.3, -0.25) is 0 Å². The second-order valence-corrected chi connectivity index (χ2v) is 3.28. The lowest BCUT2D eigenvalue weighted by Gasteiger charge is -2.07. The van der Waals surface area contributed by atoms with Gasteiger partial charge in [-0.1, -0.05) is 30.3 Å². The Hall–Kier alpha value is -1.96. The molecule has 0 aliphatic rings. The highest BCUT2D eigenvalue weighted by atomic mass is 16.5. The van der Waals surface area contributed by atoms with Crippen molar-refractivity contribution in [2.45, 2.75) is 0 Å². The first kappa shape index (κ1) is 9.59. The molecule has 0 aromatic heterocycles. The zero-order valence-electron chi connectivity index (χ0n) is 8.53. The Morgan fingerprint density at radius 2 is 1.60 bits per heavy atom. The summed E-state index contributed by atoms with van der Waals surface area (Å²) in [5, 5.41) is 0. The summed E-state index contributed by atoms with van der Waals surface area (Å²) in [6.07, 6.45) is 0. The van der Waals surface area contributed by atoms with Crippen LogP contribution in [-0.4, -0.2) is 7.11 Å². The molecule has 0 saturated carbocycles. The number of hydrogen-bond donors (Lipinski definition) is 0. The maximum atomic E-state index is 7.42. The Bertz CT molecular complexity index is 448. The SMILES string of the molecule is COc1ccccc1-c1ccc([NH])cc1. The minimum atomic E-state index is 0.522. The third-order valence-corrected chi connectivity index (χ3v) is 2.30. The second-order valence-electron chi connectivity index (χ2n) is 3.28. The topological polar surface area (TPSA) is 33.0 Å². The summed E-state index contributed by atoms with van der Waals surface area (Å²) >= 11 is 0. The van der Waals surface area contributed by atoms with Gasteiger partial charge in [-0.2, -0.15) is 0 Å². The first-order chi connectivity index (χ1) is 7.31. The molecule has 2 aromatic rings. The summed E-state index contributed by atoms with van der Waals surface area (Å²) in [4.78, 5) is 0. The van der Waals surface area contributed by atoms with E-state index < -0.39 is 0 Å². The van der Waals surface area contributed by atoms with Gasteiger partial charge in [-0.25, -0.2) is 0 Å². The molecule has 0 fully saturated rings. The van der Waals surface area contributed by atoms with Gasteiger partial charge in [0.1, 0.15) is 5.75 Å². The van der Waals surface area contributed by atoms with Gasteiger partial charge in [0, 0.05) is 5.56 Å². The molecular formula is C13H12NO. The number of hydrogen-bond acceptors (Lipinski definition) is 1. The van der Waals surface area contributed by atoms with Crippen LogP contribution in [0.15, 0.2) is 48.5 Å². The van der Waals surface area contributed by atoms with Crippen LogP contribution in [0.2, 0.25) is 0 Å². The quantitative estimate of drug-likeness (QED) is 0.728. The first-order valence-electron chi connectivity index (χ1n) is 4.76. The van der Waals surface area contributed by atoms with Crippen LogP contribution in [0.5, 0.6) is 5.75 Å². The molecule has 0 unspecified atom stereocenters. The molecule has 75 valence electrons. The van der Waals surface area contributed by atoms with Gasteiger partial charge in [0.2, 0.25) is 0 Å². The highest BCUT2D eigenvalue weighted by Gasteiger charge is 2.03. The summed E-state index contributed by atoms with van der Waals surface area (Å²) in [7, 11) is 1.66. The van der Waals surface area contributed by atoms with E-state index in [1.807, 2.05) is 36.4 Å². The maximum absolute atomic E-state index is 7.42. The fraction of sp³-hybridized carbons (Fsp3) is 0.0769. The van der Waals surface area contributed by atoms with Crippen LogP contribution in [0.3, 0.4) is 0 Å². The van der Waals surface area contributed by atoms with Gasteiger partial charge in [0.15, 0.2) is 0 Å². The molecule has 2 aromatic carbocycles. The summed E-state index contributed by atoms with van der Waals surface area (Å²) in [6, 6.07) is 15.3. The summed E-state index contributed by atoms with van der Waals surface area (Å²) in [5.41, 5.74) is 10.1. The maximum Gasteiger partial charge on any atom is 0.126 e. The van der Waals surface area contributed by atoms with E-state index >= 15 is 0 Å². The molecule has 2 heteroatoms. The average Bonchev–Trinajstić information content (AvgIpc) is 2.30. The van der Waals surface area contributed by atoms with E-state index in [1.54, 1.807) is 19.2 Å². The van der Waals surface area contributed by atoms with E-state index in [9.17, 15) is 0 Å². The van der Waals surface area contributed by atoms with Gasteiger partial charge in [-0.15, -0.1) is 0 Å². The largest absolute Gasteiger partial charge is 0.496 e. The monoisotopic (exact) mass is 198 g/mol. The fourth-order valence-corrected chi connectivity index (χ4v) is 1.53. The highest BCUT2D eigenvalue weighted by Crippen LogP contribution is 2.29. The smallest absolute Gasteiger partial charge is 0.126 e. The number of methoxy groups -OCH3 is 1. The molecule has 0 atom stereocenters. The van der Waals surface area contributed by atoms with Crippen molar-refractivity contribution in [1.29, 1.82) is 0 Å². The van der Waals surface area contributed by atoms with Crippen molar-refractivity contribution in [3.05, 3.63) is 48.5 Å².